The predicted octanol–water partition coefficient (Wildman–Crippen LogP) is 3.52. The maximum atomic E-state index is 13.3. The van der Waals surface area contributed by atoms with Crippen molar-refractivity contribution in [1.82, 2.24) is 4.90 Å². The molecule has 25 heavy (non-hydrogen) atoms. The Bertz CT molecular complexity index is 730. The van der Waals surface area contributed by atoms with Crippen LogP contribution in [0.3, 0.4) is 0 Å². The van der Waals surface area contributed by atoms with Crippen molar-refractivity contribution < 1.29 is 9.90 Å². The number of hydrogen-bond acceptors (Lipinski definition) is 2. The lowest BCUT2D eigenvalue weighted by atomic mass is 9.59. The van der Waals surface area contributed by atoms with E-state index in [-0.39, 0.29) is 17.9 Å². The topological polar surface area (TPSA) is 40.5 Å². The molecule has 1 aliphatic carbocycles. The first-order valence-electron chi connectivity index (χ1n) is 9.29. The van der Waals surface area contributed by atoms with Crippen LogP contribution in [0.15, 0.2) is 60.7 Å². The van der Waals surface area contributed by atoms with E-state index in [1.54, 1.807) is 0 Å². The molecule has 3 heteroatoms. The molecule has 3 atom stereocenters. The lowest BCUT2D eigenvalue weighted by molar-refractivity contribution is -0.162. The summed E-state index contributed by atoms with van der Waals surface area (Å²) in [6.07, 6.45) is 3.52. The lowest BCUT2D eigenvalue weighted by Gasteiger charge is -2.55. The second-order valence-electron chi connectivity index (χ2n) is 7.44. The van der Waals surface area contributed by atoms with Crippen molar-refractivity contribution in [3.05, 3.63) is 71.8 Å². The largest absolute Gasteiger partial charge is 0.393 e. The van der Waals surface area contributed by atoms with Crippen molar-refractivity contribution in [3.63, 3.8) is 0 Å². The first-order chi connectivity index (χ1) is 12.2. The fourth-order valence-corrected chi connectivity index (χ4v) is 4.69. The van der Waals surface area contributed by atoms with Crippen LogP contribution in [-0.4, -0.2) is 28.6 Å². The molecule has 1 saturated heterocycles. The zero-order chi connectivity index (χ0) is 17.3. The highest BCUT2D eigenvalue weighted by atomic mass is 16.3. The summed E-state index contributed by atoms with van der Waals surface area (Å²) < 4.78 is 0. The zero-order valence-corrected chi connectivity index (χ0v) is 14.5. The Morgan fingerprint density at radius 2 is 1.60 bits per heavy atom. The maximum absolute atomic E-state index is 13.3. The molecule has 2 aromatic rings. The predicted molar refractivity (Wildman–Crippen MR) is 97.9 cm³/mol. The van der Waals surface area contributed by atoms with Gasteiger partial charge < -0.3 is 10.0 Å². The number of benzene rings is 2. The Hall–Kier alpha value is -2.13. The average molecular weight is 335 g/mol. The molecule has 0 aromatic heterocycles. The van der Waals surface area contributed by atoms with Crippen LogP contribution < -0.4 is 0 Å². The second-order valence-corrected chi connectivity index (χ2v) is 7.44. The molecular weight excluding hydrogens is 310 g/mol. The molecule has 1 saturated carbocycles. The van der Waals surface area contributed by atoms with E-state index in [9.17, 15) is 9.90 Å². The van der Waals surface area contributed by atoms with Crippen LogP contribution in [-0.2, 0) is 16.8 Å². The Morgan fingerprint density at radius 3 is 2.24 bits per heavy atom. The first-order valence-corrected chi connectivity index (χ1v) is 9.29. The van der Waals surface area contributed by atoms with E-state index in [1.165, 1.54) is 0 Å². The smallest absolute Gasteiger partial charge is 0.235 e. The Balaban J connectivity index is 1.63. The third-order valence-corrected chi connectivity index (χ3v) is 5.98. The Kier molecular flexibility index (Phi) is 4.34. The highest BCUT2D eigenvalue weighted by Crippen LogP contribution is 2.48. The van der Waals surface area contributed by atoms with Crippen LogP contribution >= 0.6 is 0 Å². The lowest BCUT2D eigenvalue weighted by Crippen LogP contribution is -2.69. The van der Waals surface area contributed by atoms with E-state index < -0.39 is 5.41 Å². The fraction of sp³-hybridized carbons (Fsp3) is 0.409. The van der Waals surface area contributed by atoms with Gasteiger partial charge in [-0.15, -0.1) is 0 Å². The summed E-state index contributed by atoms with van der Waals surface area (Å²) in [5.74, 6) is 0.205. The minimum Gasteiger partial charge on any atom is -0.393 e. The third kappa shape index (κ3) is 2.77. The van der Waals surface area contributed by atoms with Crippen molar-refractivity contribution in [1.29, 1.82) is 0 Å². The Labute approximate surface area is 149 Å². The molecule has 1 N–H and O–H groups in total. The molecule has 1 amide bonds. The van der Waals surface area contributed by atoms with Crippen molar-refractivity contribution >= 4 is 5.91 Å². The fourth-order valence-electron chi connectivity index (χ4n) is 4.69. The van der Waals surface area contributed by atoms with Crippen LogP contribution in [0.4, 0.5) is 0 Å². The molecule has 2 aromatic carbocycles. The zero-order valence-electron chi connectivity index (χ0n) is 14.5. The molecular formula is C22H25NO2. The van der Waals surface area contributed by atoms with Gasteiger partial charge in [0.1, 0.15) is 0 Å². The minimum atomic E-state index is -0.546. The van der Waals surface area contributed by atoms with E-state index in [4.69, 9.17) is 0 Å². The second kappa shape index (κ2) is 6.64. The summed E-state index contributed by atoms with van der Waals surface area (Å²) in [6, 6.07) is 20.2. The summed E-state index contributed by atoms with van der Waals surface area (Å²) in [5.41, 5.74) is 1.67. The monoisotopic (exact) mass is 335 g/mol. The number of carbonyl (C=O) groups excluding carboxylic acids is 1. The van der Waals surface area contributed by atoms with Gasteiger partial charge in [-0.2, -0.15) is 0 Å². The van der Waals surface area contributed by atoms with Crippen molar-refractivity contribution in [2.45, 2.75) is 43.7 Å². The van der Waals surface area contributed by atoms with Gasteiger partial charge in [0.15, 0.2) is 0 Å². The van der Waals surface area contributed by atoms with Gasteiger partial charge in [-0.05, 0) is 24.0 Å². The molecule has 1 aliphatic heterocycles. The standard InChI is InChI=1S/C22H25NO2/c24-20-14-8-7-13-19(20)22(18-11-5-2-6-12-18)16-23(21(22)25)15-17-9-3-1-4-10-17/h1-6,9-12,19-20,24H,7-8,13-16H2/t19-,20+,22+/m1/s1. The van der Waals surface area contributed by atoms with Gasteiger partial charge in [0.25, 0.3) is 0 Å². The van der Waals surface area contributed by atoms with Crippen LogP contribution in [0.25, 0.3) is 0 Å². The third-order valence-electron chi connectivity index (χ3n) is 5.98. The number of aliphatic hydroxyl groups is 1. The van der Waals surface area contributed by atoms with Gasteiger partial charge in [0.2, 0.25) is 5.91 Å². The van der Waals surface area contributed by atoms with Crippen molar-refractivity contribution in [2.75, 3.05) is 6.54 Å². The summed E-state index contributed by atoms with van der Waals surface area (Å²) in [4.78, 5) is 15.3. The molecule has 4 rings (SSSR count). The molecule has 2 fully saturated rings. The highest BCUT2D eigenvalue weighted by Gasteiger charge is 2.59. The number of rotatable bonds is 4. The maximum Gasteiger partial charge on any atom is 0.235 e. The van der Waals surface area contributed by atoms with Crippen molar-refractivity contribution in [2.24, 2.45) is 5.92 Å². The highest BCUT2D eigenvalue weighted by molar-refractivity contribution is 5.95. The number of hydrogen-bond donors (Lipinski definition) is 1. The average Bonchev–Trinajstić information content (AvgIpc) is 2.67. The number of aliphatic hydroxyl groups excluding tert-OH is 1. The molecule has 2 aliphatic rings. The van der Waals surface area contributed by atoms with E-state index in [0.717, 1.165) is 36.8 Å². The van der Waals surface area contributed by atoms with Gasteiger partial charge >= 0.3 is 0 Å². The molecule has 1 heterocycles. The van der Waals surface area contributed by atoms with Gasteiger partial charge in [-0.3, -0.25) is 4.79 Å². The van der Waals surface area contributed by atoms with Gasteiger partial charge in [0, 0.05) is 19.0 Å². The summed E-state index contributed by atoms with van der Waals surface area (Å²) in [6.45, 7) is 1.35. The van der Waals surface area contributed by atoms with Crippen LogP contribution in [0.5, 0.6) is 0 Å². The molecule has 3 nitrogen and oxygen atoms in total. The van der Waals surface area contributed by atoms with Gasteiger partial charge in [0.05, 0.1) is 11.5 Å². The number of likely N-dealkylation sites (tertiary alicyclic amines) is 1. The van der Waals surface area contributed by atoms with Gasteiger partial charge in [-0.1, -0.05) is 73.5 Å². The molecule has 0 bridgehead atoms. The first kappa shape index (κ1) is 16.3. The summed E-state index contributed by atoms with van der Waals surface area (Å²) in [7, 11) is 0. The summed E-state index contributed by atoms with van der Waals surface area (Å²) in [5, 5.41) is 10.7. The van der Waals surface area contributed by atoms with Crippen LogP contribution in [0.2, 0.25) is 0 Å². The van der Waals surface area contributed by atoms with Crippen LogP contribution in [0, 0.1) is 5.92 Å². The SMILES string of the molecule is O=C1N(Cc2ccccc2)C[C@]1(c1ccccc1)[C@@H]1CCCC[C@@H]1O. The van der Waals surface area contributed by atoms with E-state index >= 15 is 0 Å². The number of β-lactam (4-membered cyclic amide) rings is 1. The minimum absolute atomic E-state index is 0.0307. The number of amides is 1. The number of nitrogens with zero attached hydrogens (tertiary/aromatic N) is 1. The quantitative estimate of drug-likeness (QED) is 0.869. The number of carbonyl (C=O) groups is 1. The van der Waals surface area contributed by atoms with E-state index in [0.29, 0.717) is 13.1 Å². The molecule has 0 unspecified atom stereocenters. The van der Waals surface area contributed by atoms with E-state index in [2.05, 4.69) is 24.3 Å². The van der Waals surface area contributed by atoms with Crippen LogP contribution in [0.1, 0.15) is 36.8 Å². The normalized spacial score (nSPS) is 29.3. The molecule has 0 spiro atoms. The molecule has 0 radical (unpaired) electrons. The van der Waals surface area contributed by atoms with E-state index in [1.807, 2.05) is 41.3 Å². The van der Waals surface area contributed by atoms with Gasteiger partial charge in [-0.25, -0.2) is 0 Å². The van der Waals surface area contributed by atoms with Crippen molar-refractivity contribution in [3.8, 4) is 0 Å². The Morgan fingerprint density at radius 1 is 0.960 bits per heavy atom. The summed E-state index contributed by atoms with van der Waals surface area (Å²) >= 11 is 0. The molecule has 130 valence electrons.